The summed E-state index contributed by atoms with van der Waals surface area (Å²) in [6.45, 7) is 0.329. The topological polar surface area (TPSA) is 84.9 Å². The Bertz CT molecular complexity index is 861. The maximum Gasteiger partial charge on any atom is 0.407 e. The van der Waals surface area contributed by atoms with Gasteiger partial charge in [-0.1, -0.05) is 0 Å². The van der Waals surface area contributed by atoms with Gasteiger partial charge in [0.1, 0.15) is 5.75 Å². The fourth-order valence-corrected chi connectivity index (χ4v) is 5.00. The third-order valence-electron chi connectivity index (χ3n) is 3.94. The van der Waals surface area contributed by atoms with Gasteiger partial charge in [0, 0.05) is 13.6 Å². The first kappa shape index (κ1) is 17.7. The maximum atomic E-state index is 13.0. The van der Waals surface area contributed by atoms with E-state index in [4.69, 9.17) is 9.47 Å². The second-order valence-corrected chi connectivity index (χ2v) is 8.31. The van der Waals surface area contributed by atoms with Crippen LogP contribution in [0.3, 0.4) is 0 Å². The van der Waals surface area contributed by atoms with Gasteiger partial charge in [-0.25, -0.2) is 13.2 Å². The van der Waals surface area contributed by atoms with Crippen molar-refractivity contribution in [3.63, 3.8) is 0 Å². The molecule has 1 aromatic heterocycles. The van der Waals surface area contributed by atoms with Crippen molar-refractivity contribution in [1.29, 1.82) is 0 Å². The zero-order chi connectivity index (χ0) is 18.0. The largest absolute Gasteiger partial charge is 0.497 e. The van der Waals surface area contributed by atoms with Gasteiger partial charge in [-0.05, 0) is 41.3 Å². The molecule has 1 unspecified atom stereocenters. The number of rotatable bonds is 4. The summed E-state index contributed by atoms with van der Waals surface area (Å²) in [4.78, 5) is 12.6. The number of nitrogens with zero attached hydrogens (tertiary/aromatic N) is 1. The molecule has 1 atom stereocenters. The highest BCUT2D eigenvalue weighted by atomic mass is 32.2. The number of nitrogens with one attached hydrogen (secondary N) is 1. The number of alkyl carbamates (subject to hydrolysis) is 1. The number of carbonyl (C=O) groups excluding carboxylic acids is 1. The molecule has 1 amide bonds. The highest BCUT2D eigenvalue weighted by Gasteiger charge is 2.36. The molecule has 0 bridgehead atoms. The van der Waals surface area contributed by atoms with Gasteiger partial charge < -0.3 is 14.8 Å². The predicted octanol–water partition coefficient (Wildman–Crippen LogP) is 2.36. The molecule has 0 radical (unpaired) electrons. The summed E-state index contributed by atoms with van der Waals surface area (Å²) in [6, 6.07) is 8.07. The molecular weight excluding hydrogens is 364 g/mol. The number of hydrogen-bond donors (Lipinski definition) is 1. The van der Waals surface area contributed by atoms with Crippen molar-refractivity contribution in [2.45, 2.75) is 17.5 Å². The van der Waals surface area contributed by atoms with Crippen LogP contribution in [0.4, 0.5) is 4.79 Å². The Kier molecular flexibility index (Phi) is 4.98. The second-order valence-electron chi connectivity index (χ2n) is 5.43. The summed E-state index contributed by atoms with van der Waals surface area (Å²) >= 11 is 1.46. The third kappa shape index (κ3) is 3.48. The summed E-state index contributed by atoms with van der Waals surface area (Å²) in [5.74, 6) is 0.582. The van der Waals surface area contributed by atoms with E-state index < -0.39 is 22.2 Å². The Balaban J connectivity index is 1.90. The molecule has 1 aromatic carbocycles. The third-order valence-corrected chi connectivity index (χ3v) is 6.82. The van der Waals surface area contributed by atoms with Gasteiger partial charge in [-0.3, -0.25) is 0 Å². The van der Waals surface area contributed by atoms with Crippen molar-refractivity contribution in [1.82, 2.24) is 9.62 Å². The molecule has 25 heavy (non-hydrogen) atoms. The predicted molar refractivity (Wildman–Crippen MR) is 93.2 cm³/mol. The van der Waals surface area contributed by atoms with Crippen LogP contribution in [0.2, 0.25) is 0 Å². The number of hydrogen-bond acceptors (Lipinski definition) is 6. The quantitative estimate of drug-likeness (QED) is 0.877. The summed E-state index contributed by atoms with van der Waals surface area (Å²) in [6.07, 6.45) is -1.22. The number of methoxy groups -OCH3 is 1. The number of amides is 1. The lowest BCUT2D eigenvalue weighted by molar-refractivity contribution is 0.0811. The van der Waals surface area contributed by atoms with Crippen molar-refractivity contribution in [2.75, 3.05) is 20.7 Å². The molecule has 0 saturated heterocycles. The number of benzene rings is 1. The molecule has 0 fully saturated rings. The van der Waals surface area contributed by atoms with Gasteiger partial charge >= 0.3 is 6.09 Å². The van der Waals surface area contributed by atoms with Crippen LogP contribution in [-0.2, 0) is 21.3 Å². The minimum Gasteiger partial charge on any atom is -0.497 e. The molecule has 7 nitrogen and oxygen atoms in total. The van der Waals surface area contributed by atoms with Gasteiger partial charge in [0.15, 0.2) is 6.10 Å². The van der Waals surface area contributed by atoms with Gasteiger partial charge in [0.25, 0.3) is 0 Å². The van der Waals surface area contributed by atoms with Gasteiger partial charge in [0.2, 0.25) is 10.0 Å². The highest BCUT2D eigenvalue weighted by Crippen LogP contribution is 2.36. The number of ether oxygens (including phenoxy) is 2. The maximum absolute atomic E-state index is 13.0. The van der Waals surface area contributed by atoms with E-state index in [9.17, 15) is 13.2 Å². The van der Waals surface area contributed by atoms with E-state index in [0.29, 0.717) is 5.75 Å². The van der Waals surface area contributed by atoms with Crippen molar-refractivity contribution in [3.8, 4) is 5.75 Å². The second kappa shape index (κ2) is 7.03. The number of carbonyl (C=O) groups is 1. The average Bonchev–Trinajstić information content (AvgIpc) is 3.10. The standard InChI is InChI=1S/C16H18N2O5S2/c1-17-16(19)23-14-10-18(9-11-7-8-24-15(11)14)25(20,21)13-5-3-12(22-2)4-6-13/h3-8,14H,9-10H2,1-2H3,(H,17,19). The number of sulfonamides is 1. The van der Waals surface area contributed by atoms with E-state index in [1.807, 2.05) is 11.4 Å². The first-order valence-electron chi connectivity index (χ1n) is 7.54. The van der Waals surface area contributed by atoms with E-state index >= 15 is 0 Å². The SMILES string of the molecule is CNC(=O)OC1CN(S(=O)(=O)c2ccc(OC)cc2)Cc2ccsc21. The van der Waals surface area contributed by atoms with Crippen molar-refractivity contribution in [3.05, 3.63) is 46.2 Å². The lowest BCUT2D eigenvalue weighted by Gasteiger charge is -2.31. The van der Waals surface area contributed by atoms with Gasteiger partial charge in [-0.15, -0.1) is 11.3 Å². The van der Waals surface area contributed by atoms with Crippen molar-refractivity contribution in [2.24, 2.45) is 0 Å². The van der Waals surface area contributed by atoms with Crippen molar-refractivity contribution >= 4 is 27.5 Å². The molecular formula is C16H18N2O5S2. The van der Waals surface area contributed by atoms with Crippen LogP contribution in [0.15, 0.2) is 40.6 Å². The molecule has 0 spiro atoms. The van der Waals surface area contributed by atoms with Gasteiger partial charge in [-0.2, -0.15) is 4.31 Å². The van der Waals surface area contributed by atoms with E-state index in [-0.39, 0.29) is 18.0 Å². The molecule has 0 saturated carbocycles. The minimum absolute atomic E-state index is 0.0787. The first-order chi connectivity index (χ1) is 12.0. The zero-order valence-electron chi connectivity index (χ0n) is 13.8. The molecule has 1 N–H and O–H groups in total. The van der Waals surface area contributed by atoms with Crippen molar-refractivity contribution < 1.29 is 22.7 Å². The van der Waals surface area contributed by atoms with Gasteiger partial charge in [0.05, 0.1) is 23.4 Å². The average molecular weight is 382 g/mol. The molecule has 1 aliphatic rings. The fourth-order valence-electron chi connectivity index (χ4n) is 2.64. The van der Waals surface area contributed by atoms with Crippen LogP contribution in [0.1, 0.15) is 16.5 Å². The molecule has 1 aliphatic heterocycles. The molecule has 9 heteroatoms. The van der Waals surface area contributed by atoms with E-state index in [1.54, 1.807) is 12.1 Å². The van der Waals surface area contributed by atoms with Crippen LogP contribution >= 0.6 is 11.3 Å². The molecule has 2 aromatic rings. The highest BCUT2D eigenvalue weighted by molar-refractivity contribution is 7.89. The Morgan fingerprint density at radius 2 is 2.00 bits per heavy atom. The summed E-state index contributed by atoms with van der Waals surface area (Å²) in [5.41, 5.74) is 0.849. The Morgan fingerprint density at radius 1 is 1.28 bits per heavy atom. The normalized spacial score (nSPS) is 17.6. The lowest BCUT2D eigenvalue weighted by Crippen LogP contribution is -2.39. The van der Waals surface area contributed by atoms with E-state index in [2.05, 4.69) is 5.32 Å². The first-order valence-corrected chi connectivity index (χ1v) is 9.86. The molecule has 2 heterocycles. The van der Waals surface area contributed by atoms with E-state index in [0.717, 1.165) is 10.4 Å². The Labute approximate surface area is 150 Å². The minimum atomic E-state index is -3.71. The summed E-state index contributed by atoms with van der Waals surface area (Å²) in [5, 5.41) is 4.26. The molecule has 0 aliphatic carbocycles. The monoisotopic (exact) mass is 382 g/mol. The number of fused-ring (bicyclic) bond motifs is 1. The van der Waals surface area contributed by atoms with Crippen LogP contribution in [0, 0.1) is 0 Å². The zero-order valence-corrected chi connectivity index (χ0v) is 15.4. The summed E-state index contributed by atoms with van der Waals surface area (Å²) in [7, 11) is -0.727. The van der Waals surface area contributed by atoms with Crippen LogP contribution in [0.25, 0.3) is 0 Å². The van der Waals surface area contributed by atoms with Crippen LogP contribution in [-0.4, -0.2) is 39.5 Å². The Hall–Kier alpha value is -2.10. The van der Waals surface area contributed by atoms with Crippen LogP contribution in [0.5, 0.6) is 5.75 Å². The number of thiophene rings is 1. The summed E-state index contributed by atoms with van der Waals surface area (Å²) < 4.78 is 37.7. The fraction of sp³-hybridized carbons (Fsp3) is 0.312. The van der Waals surface area contributed by atoms with E-state index in [1.165, 1.54) is 41.9 Å². The van der Waals surface area contributed by atoms with Crippen LogP contribution < -0.4 is 10.1 Å². The Morgan fingerprint density at radius 3 is 2.64 bits per heavy atom. The molecule has 134 valence electrons. The smallest absolute Gasteiger partial charge is 0.407 e. The lowest BCUT2D eigenvalue weighted by atomic mass is 10.1. The molecule has 3 rings (SSSR count).